The highest BCUT2D eigenvalue weighted by molar-refractivity contribution is 5.22. The Morgan fingerprint density at radius 1 is 1.06 bits per heavy atom. The highest BCUT2D eigenvalue weighted by Gasteiger charge is 2.13. The van der Waals surface area contributed by atoms with Crippen LogP contribution in [0.1, 0.15) is 44.2 Å². The standard InChI is InChI=1S/C16H25NO/c1-16(2,18)10-9-14-5-7-15(8-6-14)13-17-11-3-4-12-17/h5-8,18H,3-4,9-13H2,1-2H3. The molecule has 0 bridgehead atoms. The van der Waals surface area contributed by atoms with Gasteiger partial charge in [-0.15, -0.1) is 0 Å². The van der Waals surface area contributed by atoms with Crippen molar-refractivity contribution in [1.29, 1.82) is 0 Å². The van der Waals surface area contributed by atoms with E-state index in [1.807, 2.05) is 13.8 Å². The molecule has 1 aromatic carbocycles. The lowest BCUT2D eigenvalue weighted by Crippen LogP contribution is -2.19. The molecule has 100 valence electrons. The van der Waals surface area contributed by atoms with Crippen molar-refractivity contribution >= 4 is 0 Å². The van der Waals surface area contributed by atoms with Crippen molar-refractivity contribution in [3.8, 4) is 0 Å². The Morgan fingerprint density at radius 2 is 1.61 bits per heavy atom. The predicted octanol–water partition coefficient (Wildman–Crippen LogP) is 2.99. The summed E-state index contributed by atoms with van der Waals surface area (Å²) in [5.41, 5.74) is 2.17. The minimum absolute atomic E-state index is 0.561. The molecule has 2 rings (SSSR count). The molecule has 0 atom stereocenters. The molecule has 2 heteroatoms. The molecule has 1 fully saturated rings. The summed E-state index contributed by atoms with van der Waals surface area (Å²) in [6.07, 6.45) is 4.47. The van der Waals surface area contributed by atoms with E-state index in [1.54, 1.807) is 0 Å². The molecule has 0 saturated carbocycles. The van der Waals surface area contributed by atoms with E-state index >= 15 is 0 Å². The molecule has 1 N–H and O–H groups in total. The molecule has 1 aliphatic heterocycles. The fraction of sp³-hybridized carbons (Fsp3) is 0.625. The van der Waals surface area contributed by atoms with Gasteiger partial charge in [0.1, 0.15) is 0 Å². The Hall–Kier alpha value is -0.860. The maximum Gasteiger partial charge on any atom is 0.0594 e. The summed E-state index contributed by atoms with van der Waals surface area (Å²) in [6, 6.07) is 8.88. The normalized spacial score (nSPS) is 17.3. The van der Waals surface area contributed by atoms with Gasteiger partial charge in [0.25, 0.3) is 0 Å². The molecule has 1 aliphatic rings. The van der Waals surface area contributed by atoms with Crippen molar-refractivity contribution in [2.24, 2.45) is 0 Å². The van der Waals surface area contributed by atoms with Crippen LogP contribution in [0, 0.1) is 0 Å². The van der Waals surface area contributed by atoms with Crippen LogP contribution in [0.25, 0.3) is 0 Å². The summed E-state index contributed by atoms with van der Waals surface area (Å²) in [4.78, 5) is 2.52. The van der Waals surface area contributed by atoms with Crippen LogP contribution in [0.15, 0.2) is 24.3 Å². The summed E-state index contributed by atoms with van der Waals surface area (Å²) in [6.45, 7) is 7.33. The van der Waals surface area contributed by atoms with Crippen molar-refractivity contribution in [1.82, 2.24) is 4.90 Å². The maximum atomic E-state index is 9.72. The van der Waals surface area contributed by atoms with Crippen LogP contribution in [-0.4, -0.2) is 28.7 Å². The Labute approximate surface area is 111 Å². The Kier molecular flexibility index (Phi) is 4.41. The first kappa shape index (κ1) is 13.6. The van der Waals surface area contributed by atoms with E-state index in [0.717, 1.165) is 19.4 Å². The minimum atomic E-state index is -0.561. The number of hydrogen-bond donors (Lipinski definition) is 1. The lowest BCUT2D eigenvalue weighted by Gasteiger charge is -2.17. The van der Waals surface area contributed by atoms with Crippen LogP contribution in [-0.2, 0) is 13.0 Å². The smallest absolute Gasteiger partial charge is 0.0594 e. The maximum absolute atomic E-state index is 9.72. The van der Waals surface area contributed by atoms with Crippen LogP contribution in [0.4, 0.5) is 0 Å². The average Bonchev–Trinajstić information content (AvgIpc) is 2.80. The molecular formula is C16H25NO. The third kappa shape index (κ3) is 4.43. The molecule has 0 aromatic heterocycles. The number of nitrogens with zero attached hydrogens (tertiary/aromatic N) is 1. The average molecular weight is 247 g/mol. The van der Waals surface area contributed by atoms with Gasteiger partial charge in [-0.2, -0.15) is 0 Å². The van der Waals surface area contributed by atoms with Crippen molar-refractivity contribution < 1.29 is 5.11 Å². The lowest BCUT2D eigenvalue weighted by atomic mass is 9.98. The highest BCUT2D eigenvalue weighted by atomic mass is 16.3. The van der Waals surface area contributed by atoms with E-state index in [0.29, 0.717) is 0 Å². The van der Waals surface area contributed by atoms with Crippen molar-refractivity contribution in [2.45, 2.75) is 51.7 Å². The van der Waals surface area contributed by atoms with Gasteiger partial charge in [-0.05, 0) is 63.7 Å². The second-order valence-corrected chi connectivity index (χ2v) is 6.11. The number of aliphatic hydroxyl groups is 1. The van der Waals surface area contributed by atoms with E-state index in [9.17, 15) is 5.11 Å². The van der Waals surface area contributed by atoms with E-state index < -0.39 is 5.60 Å². The van der Waals surface area contributed by atoms with Gasteiger partial charge in [0.2, 0.25) is 0 Å². The van der Waals surface area contributed by atoms with E-state index in [-0.39, 0.29) is 0 Å². The quantitative estimate of drug-likeness (QED) is 0.864. The summed E-state index contributed by atoms with van der Waals surface area (Å²) in [7, 11) is 0. The number of rotatable bonds is 5. The fourth-order valence-corrected chi connectivity index (χ4v) is 2.46. The number of likely N-dealkylation sites (tertiary alicyclic amines) is 1. The molecule has 0 amide bonds. The van der Waals surface area contributed by atoms with E-state index in [1.165, 1.54) is 37.1 Å². The van der Waals surface area contributed by atoms with Crippen molar-refractivity contribution in [3.63, 3.8) is 0 Å². The zero-order valence-corrected chi connectivity index (χ0v) is 11.7. The van der Waals surface area contributed by atoms with Gasteiger partial charge in [-0.1, -0.05) is 24.3 Å². The van der Waals surface area contributed by atoms with Gasteiger partial charge in [-0.25, -0.2) is 0 Å². The minimum Gasteiger partial charge on any atom is -0.390 e. The van der Waals surface area contributed by atoms with E-state index in [2.05, 4.69) is 29.2 Å². The Bertz CT molecular complexity index is 358. The molecule has 2 nitrogen and oxygen atoms in total. The summed E-state index contributed by atoms with van der Waals surface area (Å²) in [5, 5.41) is 9.72. The molecule has 0 radical (unpaired) electrons. The zero-order chi connectivity index (χ0) is 13.0. The van der Waals surface area contributed by atoms with Crippen molar-refractivity contribution in [3.05, 3.63) is 35.4 Å². The molecule has 0 aliphatic carbocycles. The number of hydrogen-bond acceptors (Lipinski definition) is 2. The first-order valence-corrected chi connectivity index (χ1v) is 7.05. The molecule has 1 heterocycles. The second-order valence-electron chi connectivity index (χ2n) is 6.11. The molecule has 18 heavy (non-hydrogen) atoms. The summed E-state index contributed by atoms with van der Waals surface area (Å²) < 4.78 is 0. The first-order valence-electron chi connectivity index (χ1n) is 7.05. The molecule has 1 aromatic rings. The first-order chi connectivity index (χ1) is 8.53. The molecule has 0 unspecified atom stereocenters. The van der Waals surface area contributed by atoms with Gasteiger partial charge < -0.3 is 5.11 Å². The molecule has 0 spiro atoms. The predicted molar refractivity (Wildman–Crippen MR) is 75.6 cm³/mol. The lowest BCUT2D eigenvalue weighted by molar-refractivity contribution is 0.0714. The van der Waals surface area contributed by atoms with Gasteiger partial charge in [0, 0.05) is 6.54 Å². The number of aryl methyl sites for hydroxylation is 1. The van der Waals surface area contributed by atoms with Gasteiger partial charge in [-0.3, -0.25) is 4.90 Å². The highest BCUT2D eigenvalue weighted by Crippen LogP contribution is 2.16. The SMILES string of the molecule is CC(C)(O)CCc1ccc(CN2CCCC2)cc1. The molecular weight excluding hydrogens is 222 g/mol. The molecule has 1 saturated heterocycles. The topological polar surface area (TPSA) is 23.5 Å². The third-order valence-corrected chi connectivity index (χ3v) is 3.65. The Morgan fingerprint density at radius 3 is 2.17 bits per heavy atom. The van der Waals surface area contributed by atoms with Crippen LogP contribution in [0.2, 0.25) is 0 Å². The van der Waals surface area contributed by atoms with Crippen LogP contribution >= 0.6 is 0 Å². The van der Waals surface area contributed by atoms with E-state index in [4.69, 9.17) is 0 Å². The second kappa shape index (κ2) is 5.85. The summed E-state index contributed by atoms with van der Waals surface area (Å²) in [5.74, 6) is 0. The zero-order valence-electron chi connectivity index (χ0n) is 11.7. The van der Waals surface area contributed by atoms with Gasteiger partial charge in [0.15, 0.2) is 0 Å². The van der Waals surface area contributed by atoms with Crippen LogP contribution in [0.5, 0.6) is 0 Å². The monoisotopic (exact) mass is 247 g/mol. The largest absolute Gasteiger partial charge is 0.390 e. The summed E-state index contributed by atoms with van der Waals surface area (Å²) >= 11 is 0. The Balaban J connectivity index is 1.85. The van der Waals surface area contributed by atoms with Crippen LogP contribution < -0.4 is 0 Å². The fourth-order valence-electron chi connectivity index (χ4n) is 2.46. The third-order valence-electron chi connectivity index (χ3n) is 3.65. The number of benzene rings is 1. The van der Waals surface area contributed by atoms with Crippen LogP contribution in [0.3, 0.4) is 0 Å². The van der Waals surface area contributed by atoms with Gasteiger partial charge >= 0.3 is 0 Å². The van der Waals surface area contributed by atoms with Gasteiger partial charge in [0.05, 0.1) is 5.60 Å². The van der Waals surface area contributed by atoms with Crippen molar-refractivity contribution in [2.75, 3.05) is 13.1 Å².